The van der Waals surface area contributed by atoms with Gasteiger partial charge in [-0.15, -0.1) is 0 Å². The SMILES string of the molecule is CC(O)c1cc(Br)ccc1N(C)c1cccc(F)c1. The minimum atomic E-state index is -0.594. The smallest absolute Gasteiger partial charge is 0.125 e. The molecule has 2 rings (SSSR count). The van der Waals surface area contributed by atoms with Crippen LogP contribution in [0.25, 0.3) is 0 Å². The van der Waals surface area contributed by atoms with Gasteiger partial charge in [0.15, 0.2) is 0 Å². The maximum absolute atomic E-state index is 13.3. The second-order valence-electron chi connectivity index (χ2n) is 4.42. The molecule has 0 aliphatic rings. The molecule has 0 saturated heterocycles. The Morgan fingerprint density at radius 1 is 1.21 bits per heavy atom. The Balaban J connectivity index is 2.46. The van der Waals surface area contributed by atoms with E-state index in [1.807, 2.05) is 36.2 Å². The average Bonchev–Trinajstić information content (AvgIpc) is 2.37. The van der Waals surface area contributed by atoms with Crippen LogP contribution in [0.4, 0.5) is 15.8 Å². The molecule has 0 heterocycles. The first kappa shape index (κ1) is 14.0. The van der Waals surface area contributed by atoms with E-state index in [0.717, 1.165) is 21.4 Å². The molecule has 0 aromatic heterocycles. The van der Waals surface area contributed by atoms with Gasteiger partial charge in [0, 0.05) is 28.5 Å². The van der Waals surface area contributed by atoms with Gasteiger partial charge in [-0.3, -0.25) is 0 Å². The molecule has 0 spiro atoms. The third-order valence-corrected chi connectivity index (χ3v) is 3.49. The highest BCUT2D eigenvalue weighted by atomic mass is 79.9. The van der Waals surface area contributed by atoms with Gasteiger partial charge in [0.25, 0.3) is 0 Å². The quantitative estimate of drug-likeness (QED) is 0.904. The fourth-order valence-corrected chi connectivity index (χ4v) is 2.37. The summed E-state index contributed by atoms with van der Waals surface area (Å²) < 4.78 is 14.2. The summed E-state index contributed by atoms with van der Waals surface area (Å²) in [5.41, 5.74) is 2.38. The molecule has 19 heavy (non-hydrogen) atoms. The number of rotatable bonds is 3. The molecule has 1 unspecified atom stereocenters. The van der Waals surface area contributed by atoms with Crippen LogP contribution in [0.2, 0.25) is 0 Å². The second-order valence-corrected chi connectivity index (χ2v) is 5.33. The first-order chi connectivity index (χ1) is 8.99. The van der Waals surface area contributed by atoms with Crippen LogP contribution in [0.3, 0.4) is 0 Å². The Bertz CT molecular complexity index is 586. The summed E-state index contributed by atoms with van der Waals surface area (Å²) in [6.07, 6.45) is -0.594. The maximum Gasteiger partial charge on any atom is 0.125 e. The molecule has 2 aromatic rings. The number of hydrogen-bond donors (Lipinski definition) is 1. The lowest BCUT2D eigenvalue weighted by Gasteiger charge is -2.24. The minimum Gasteiger partial charge on any atom is -0.389 e. The number of anilines is 2. The summed E-state index contributed by atoms with van der Waals surface area (Å²) in [5.74, 6) is -0.278. The Morgan fingerprint density at radius 3 is 2.58 bits per heavy atom. The van der Waals surface area contributed by atoms with Crippen LogP contribution in [0.15, 0.2) is 46.9 Å². The number of aliphatic hydroxyl groups is 1. The van der Waals surface area contributed by atoms with Crippen molar-refractivity contribution < 1.29 is 9.50 Å². The van der Waals surface area contributed by atoms with Gasteiger partial charge >= 0.3 is 0 Å². The Labute approximate surface area is 120 Å². The zero-order valence-electron chi connectivity index (χ0n) is 10.8. The van der Waals surface area contributed by atoms with Gasteiger partial charge in [0.05, 0.1) is 6.10 Å². The summed E-state index contributed by atoms with van der Waals surface area (Å²) in [5, 5.41) is 9.86. The molecule has 1 N–H and O–H groups in total. The summed E-state index contributed by atoms with van der Waals surface area (Å²) in [4.78, 5) is 1.86. The Hall–Kier alpha value is -1.39. The lowest BCUT2D eigenvalue weighted by Crippen LogP contribution is -2.13. The summed E-state index contributed by atoms with van der Waals surface area (Å²) in [7, 11) is 1.85. The Morgan fingerprint density at radius 2 is 1.95 bits per heavy atom. The Kier molecular flexibility index (Phi) is 4.22. The summed E-state index contributed by atoms with van der Waals surface area (Å²) in [6.45, 7) is 1.71. The van der Waals surface area contributed by atoms with Crippen molar-refractivity contribution in [3.8, 4) is 0 Å². The fraction of sp³-hybridized carbons (Fsp3) is 0.200. The lowest BCUT2D eigenvalue weighted by atomic mass is 10.1. The van der Waals surface area contributed by atoms with Crippen LogP contribution < -0.4 is 4.90 Å². The van der Waals surface area contributed by atoms with E-state index >= 15 is 0 Å². The predicted octanol–water partition coefficient (Wildman–Crippen LogP) is 4.41. The van der Waals surface area contributed by atoms with Crippen LogP contribution in [0.1, 0.15) is 18.6 Å². The maximum atomic E-state index is 13.3. The molecule has 0 bridgehead atoms. The molecule has 1 atom stereocenters. The van der Waals surface area contributed by atoms with Crippen LogP contribution >= 0.6 is 15.9 Å². The van der Waals surface area contributed by atoms with Gasteiger partial charge in [-0.1, -0.05) is 22.0 Å². The van der Waals surface area contributed by atoms with Crippen molar-refractivity contribution in [2.24, 2.45) is 0 Å². The van der Waals surface area contributed by atoms with Gasteiger partial charge in [0.2, 0.25) is 0 Å². The third-order valence-electron chi connectivity index (χ3n) is 3.00. The van der Waals surface area contributed by atoms with Crippen molar-refractivity contribution in [3.05, 3.63) is 58.3 Å². The van der Waals surface area contributed by atoms with Crippen molar-refractivity contribution in [1.82, 2.24) is 0 Å². The molecular formula is C15H15BrFNO. The summed E-state index contributed by atoms with van der Waals surface area (Å²) in [6, 6.07) is 12.0. The molecule has 100 valence electrons. The van der Waals surface area contributed by atoms with Crippen molar-refractivity contribution in [1.29, 1.82) is 0 Å². The number of nitrogens with zero attached hydrogens (tertiary/aromatic N) is 1. The zero-order chi connectivity index (χ0) is 14.0. The molecule has 0 radical (unpaired) electrons. The molecule has 4 heteroatoms. The van der Waals surface area contributed by atoms with E-state index in [-0.39, 0.29) is 5.82 Å². The molecule has 2 aromatic carbocycles. The van der Waals surface area contributed by atoms with Crippen molar-refractivity contribution >= 4 is 27.3 Å². The van der Waals surface area contributed by atoms with Crippen molar-refractivity contribution in [3.63, 3.8) is 0 Å². The number of aliphatic hydroxyl groups excluding tert-OH is 1. The molecular weight excluding hydrogens is 309 g/mol. The van der Waals surface area contributed by atoms with E-state index < -0.39 is 6.10 Å². The van der Waals surface area contributed by atoms with Gasteiger partial charge < -0.3 is 10.0 Å². The molecule has 0 fully saturated rings. The highest BCUT2D eigenvalue weighted by molar-refractivity contribution is 9.10. The van der Waals surface area contributed by atoms with Crippen molar-refractivity contribution in [2.75, 3.05) is 11.9 Å². The molecule has 0 saturated carbocycles. The summed E-state index contributed by atoms with van der Waals surface area (Å²) >= 11 is 3.39. The lowest BCUT2D eigenvalue weighted by molar-refractivity contribution is 0.199. The standard InChI is InChI=1S/C15H15BrFNO/c1-10(19)14-8-11(16)6-7-15(14)18(2)13-5-3-4-12(17)9-13/h3-10,19H,1-2H3. The van der Waals surface area contributed by atoms with E-state index in [1.165, 1.54) is 12.1 Å². The van der Waals surface area contributed by atoms with Crippen LogP contribution in [0, 0.1) is 5.82 Å². The predicted molar refractivity (Wildman–Crippen MR) is 79.2 cm³/mol. The normalized spacial score (nSPS) is 12.3. The third kappa shape index (κ3) is 3.14. The zero-order valence-corrected chi connectivity index (χ0v) is 12.4. The van der Waals surface area contributed by atoms with Crippen LogP contribution in [-0.2, 0) is 0 Å². The van der Waals surface area contributed by atoms with E-state index in [4.69, 9.17) is 0 Å². The first-order valence-corrected chi connectivity index (χ1v) is 6.75. The van der Waals surface area contributed by atoms with E-state index in [1.54, 1.807) is 13.0 Å². The van der Waals surface area contributed by atoms with Crippen LogP contribution in [-0.4, -0.2) is 12.2 Å². The van der Waals surface area contributed by atoms with Crippen molar-refractivity contribution in [2.45, 2.75) is 13.0 Å². The topological polar surface area (TPSA) is 23.5 Å². The van der Waals surface area contributed by atoms with E-state index in [2.05, 4.69) is 15.9 Å². The largest absolute Gasteiger partial charge is 0.389 e. The first-order valence-electron chi connectivity index (χ1n) is 5.96. The fourth-order valence-electron chi connectivity index (χ4n) is 1.99. The van der Waals surface area contributed by atoms with Gasteiger partial charge in [-0.2, -0.15) is 0 Å². The molecule has 2 nitrogen and oxygen atoms in total. The van der Waals surface area contributed by atoms with E-state index in [0.29, 0.717) is 0 Å². The minimum absolute atomic E-state index is 0.278. The van der Waals surface area contributed by atoms with Gasteiger partial charge in [-0.05, 0) is 43.3 Å². The monoisotopic (exact) mass is 323 g/mol. The molecule has 0 aliphatic carbocycles. The molecule has 0 amide bonds. The number of hydrogen-bond acceptors (Lipinski definition) is 2. The number of halogens is 2. The number of benzene rings is 2. The highest BCUT2D eigenvalue weighted by Crippen LogP contribution is 2.33. The highest BCUT2D eigenvalue weighted by Gasteiger charge is 2.13. The van der Waals surface area contributed by atoms with Crippen LogP contribution in [0.5, 0.6) is 0 Å². The van der Waals surface area contributed by atoms with Gasteiger partial charge in [0.1, 0.15) is 5.82 Å². The second kappa shape index (κ2) is 5.72. The molecule has 0 aliphatic heterocycles. The van der Waals surface area contributed by atoms with E-state index in [9.17, 15) is 9.50 Å². The average molecular weight is 324 g/mol. The van der Waals surface area contributed by atoms with Gasteiger partial charge in [-0.25, -0.2) is 4.39 Å².